The van der Waals surface area contributed by atoms with Gasteiger partial charge in [0, 0.05) is 25.0 Å². The fraction of sp³-hybridized carbons (Fsp3) is 0.500. The number of hydrogen-bond donors (Lipinski definition) is 3. The topological polar surface area (TPSA) is 116 Å². The average Bonchev–Trinajstić information content (AvgIpc) is 3.18. The molecule has 3 fully saturated rings. The van der Waals surface area contributed by atoms with Crippen LogP contribution in [0.1, 0.15) is 75.7 Å². The summed E-state index contributed by atoms with van der Waals surface area (Å²) in [5.74, 6) is 0.702. The van der Waals surface area contributed by atoms with Crippen molar-refractivity contribution in [1.82, 2.24) is 0 Å². The summed E-state index contributed by atoms with van der Waals surface area (Å²) in [6, 6.07) is 21.0. The van der Waals surface area contributed by atoms with Crippen LogP contribution in [0.2, 0.25) is 0 Å². The lowest BCUT2D eigenvalue weighted by atomic mass is 9.73. The van der Waals surface area contributed by atoms with Crippen LogP contribution in [0.4, 0.5) is 0 Å². The largest absolute Gasteiger partial charge is 0.508 e. The van der Waals surface area contributed by atoms with Gasteiger partial charge in [0.2, 0.25) is 0 Å². The van der Waals surface area contributed by atoms with E-state index in [0.717, 1.165) is 22.8 Å². The molecule has 0 amide bonds. The molecule has 12 heteroatoms. The molecule has 48 heavy (non-hydrogen) atoms. The van der Waals surface area contributed by atoms with E-state index < -0.39 is 14.2 Å². The summed E-state index contributed by atoms with van der Waals surface area (Å²) in [6.45, 7) is 21.8. The summed E-state index contributed by atoms with van der Waals surface area (Å²) in [5, 5.41) is 28.3. The SMILES string of the molecule is CC1(C)CC(C)(C)OB(c2cccc(O)c2)O1.CC1(C)COB(c2cccc(O)c2)OC1.CC1(C)OB(c2cccc(O)c2)OC1(C)C. The monoisotopic (exact) mass is 660 g/mol. The summed E-state index contributed by atoms with van der Waals surface area (Å²) in [6.07, 6.45) is 0.843. The second-order valence-electron chi connectivity index (χ2n) is 15.8. The van der Waals surface area contributed by atoms with Gasteiger partial charge in [-0.1, -0.05) is 50.2 Å². The number of aromatic hydroxyl groups is 3. The molecule has 0 radical (unpaired) electrons. The van der Waals surface area contributed by atoms with Gasteiger partial charge in [0.05, 0.1) is 22.4 Å². The molecule has 0 spiro atoms. The molecule has 3 aliphatic rings. The Morgan fingerprint density at radius 1 is 0.479 bits per heavy atom. The van der Waals surface area contributed by atoms with Gasteiger partial charge in [-0.25, -0.2) is 0 Å². The second-order valence-corrected chi connectivity index (χ2v) is 15.8. The van der Waals surface area contributed by atoms with Crippen molar-refractivity contribution in [3.63, 3.8) is 0 Å². The fourth-order valence-electron chi connectivity index (χ4n) is 5.73. The maximum atomic E-state index is 9.49. The van der Waals surface area contributed by atoms with Crippen molar-refractivity contribution in [2.45, 2.75) is 98.1 Å². The average molecular weight is 660 g/mol. The van der Waals surface area contributed by atoms with Gasteiger partial charge in [0.1, 0.15) is 17.2 Å². The highest BCUT2D eigenvalue weighted by Crippen LogP contribution is 2.36. The quantitative estimate of drug-likeness (QED) is 0.337. The Kier molecular flexibility index (Phi) is 11.4. The molecule has 3 heterocycles. The zero-order valence-corrected chi connectivity index (χ0v) is 30.1. The first-order chi connectivity index (χ1) is 22.2. The van der Waals surface area contributed by atoms with Gasteiger partial charge in [-0.15, -0.1) is 0 Å². The normalized spacial score (nSPS) is 21.8. The van der Waals surface area contributed by atoms with Gasteiger partial charge >= 0.3 is 21.4 Å². The van der Waals surface area contributed by atoms with Crippen molar-refractivity contribution >= 4 is 37.7 Å². The zero-order chi connectivity index (χ0) is 35.5. The van der Waals surface area contributed by atoms with Crippen LogP contribution in [-0.2, 0) is 27.9 Å². The number of phenols is 3. The number of benzene rings is 3. The Bertz CT molecular complexity index is 1480. The molecule has 6 rings (SSSR count). The van der Waals surface area contributed by atoms with Gasteiger partial charge in [0.15, 0.2) is 0 Å². The van der Waals surface area contributed by atoms with Crippen molar-refractivity contribution in [2.75, 3.05) is 13.2 Å². The minimum atomic E-state index is -0.416. The number of phenolic OH excluding ortho intramolecular Hbond substituents is 3. The van der Waals surface area contributed by atoms with Gasteiger partial charge < -0.3 is 43.2 Å². The van der Waals surface area contributed by atoms with Crippen LogP contribution in [0, 0.1) is 5.41 Å². The van der Waals surface area contributed by atoms with Gasteiger partial charge in [-0.2, -0.15) is 0 Å². The Morgan fingerprint density at radius 3 is 1.17 bits per heavy atom. The highest BCUT2D eigenvalue weighted by Gasteiger charge is 2.51. The first-order valence-corrected chi connectivity index (χ1v) is 16.5. The predicted molar refractivity (Wildman–Crippen MR) is 191 cm³/mol. The lowest BCUT2D eigenvalue weighted by Crippen LogP contribution is -2.56. The van der Waals surface area contributed by atoms with Crippen LogP contribution >= 0.6 is 0 Å². The molecular formula is C36H51B3O9. The van der Waals surface area contributed by atoms with Gasteiger partial charge in [-0.3, -0.25) is 0 Å². The molecule has 3 saturated heterocycles. The molecule has 0 bridgehead atoms. The van der Waals surface area contributed by atoms with Crippen LogP contribution in [0.25, 0.3) is 0 Å². The van der Waals surface area contributed by atoms with E-state index in [9.17, 15) is 15.3 Å². The van der Waals surface area contributed by atoms with Gasteiger partial charge in [0.25, 0.3) is 0 Å². The third-order valence-electron chi connectivity index (χ3n) is 8.63. The minimum Gasteiger partial charge on any atom is -0.508 e. The molecule has 0 aromatic heterocycles. The Hall–Kier alpha value is -2.99. The third-order valence-corrected chi connectivity index (χ3v) is 8.63. The van der Waals surface area contributed by atoms with E-state index in [2.05, 4.69) is 41.5 Å². The summed E-state index contributed by atoms with van der Waals surface area (Å²) < 4.78 is 34.8. The molecule has 9 nitrogen and oxygen atoms in total. The zero-order valence-electron chi connectivity index (χ0n) is 30.1. The smallest absolute Gasteiger partial charge is 0.494 e. The van der Waals surface area contributed by atoms with Crippen LogP contribution in [0.3, 0.4) is 0 Å². The third kappa shape index (κ3) is 10.3. The molecular weight excluding hydrogens is 609 g/mol. The standard InChI is InChI=1S/C13H19BO3.C12H17BO3.C11H15BO3/c1-12(2)9-13(3,4)17-14(16-12)10-6-5-7-11(15)8-10;1-11(2)12(3,4)16-13(15-11)9-6-5-7-10(14)8-9;1-11(2)7-14-12(15-8-11)9-4-3-5-10(13)6-9/h5-8,15H,9H2,1-4H3;5-8,14H,1-4H3;3-6,13H,7-8H2,1-2H3. The summed E-state index contributed by atoms with van der Waals surface area (Å²) in [4.78, 5) is 0. The van der Waals surface area contributed by atoms with Crippen molar-refractivity contribution in [2.24, 2.45) is 5.41 Å². The second kappa shape index (κ2) is 14.5. The number of hydrogen-bond acceptors (Lipinski definition) is 9. The highest BCUT2D eigenvalue weighted by atomic mass is 16.7. The molecule has 258 valence electrons. The predicted octanol–water partition coefficient (Wildman–Crippen LogP) is 4.93. The van der Waals surface area contributed by atoms with Crippen molar-refractivity contribution < 1.29 is 43.2 Å². The Labute approximate surface area is 287 Å². The summed E-state index contributed by atoms with van der Waals surface area (Å²) >= 11 is 0. The van der Waals surface area contributed by atoms with Crippen LogP contribution < -0.4 is 16.4 Å². The van der Waals surface area contributed by atoms with E-state index in [1.54, 1.807) is 54.6 Å². The first-order valence-electron chi connectivity index (χ1n) is 16.5. The first kappa shape index (κ1) is 37.8. The maximum Gasteiger partial charge on any atom is 0.494 e. The summed E-state index contributed by atoms with van der Waals surface area (Å²) in [5.41, 5.74) is 1.50. The molecule has 3 aromatic rings. The fourth-order valence-corrected chi connectivity index (χ4v) is 5.73. The molecule has 0 unspecified atom stereocenters. The van der Waals surface area contributed by atoms with Crippen LogP contribution in [0.5, 0.6) is 17.2 Å². The minimum absolute atomic E-state index is 0.0767. The Morgan fingerprint density at radius 2 is 0.812 bits per heavy atom. The van der Waals surface area contributed by atoms with E-state index >= 15 is 0 Å². The van der Waals surface area contributed by atoms with Crippen LogP contribution in [0.15, 0.2) is 72.8 Å². The van der Waals surface area contributed by atoms with Crippen molar-refractivity contribution in [3.05, 3.63) is 72.8 Å². The van der Waals surface area contributed by atoms with Gasteiger partial charge in [-0.05, 0) is 108 Å². The lowest BCUT2D eigenvalue weighted by molar-refractivity contribution is -0.0716. The maximum absolute atomic E-state index is 9.49. The van der Waals surface area contributed by atoms with E-state index in [0.29, 0.717) is 13.2 Å². The molecule has 0 saturated carbocycles. The molecule has 0 atom stereocenters. The van der Waals surface area contributed by atoms with E-state index in [1.165, 1.54) is 0 Å². The van der Waals surface area contributed by atoms with E-state index in [4.69, 9.17) is 27.9 Å². The highest BCUT2D eigenvalue weighted by molar-refractivity contribution is 6.62. The summed E-state index contributed by atoms with van der Waals surface area (Å²) in [7, 11) is -1.16. The van der Waals surface area contributed by atoms with E-state index in [1.807, 2.05) is 45.9 Å². The number of rotatable bonds is 3. The van der Waals surface area contributed by atoms with Crippen molar-refractivity contribution in [3.8, 4) is 17.2 Å². The molecule has 3 N–H and O–H groups in total. The molecule has 0 aliphatic carbocycles. The molecule has 3 aromatic carbocycles. The van der Waals surface area contributed by atoms with Crippen molar-refractivity contribution in [1.29, 1.82) is 0 Å². The lowest BCUT2D eigenvalue weighted by Gasteiger charge is -2.44. The Balaban J connectivity index is 0.000000163. The van der Waals surface area contributed by atoms with Crippen LogP contribution in [-0.4, -0.2) is 72.3 Å². The molecule has 3 aliphatic heterocycles. The van der Waals surface area contributed by atoms with E-state index in [-0.39, 0.29) is 52.2 Å².